The Labute approximate surface area is 117 Å². The molecular weight excluding hydrogens is 262 g/mol. The average molecular weight is 283 g/mol. The summed E-state index contributed by atoms with van der Waals surface area (Å²) in [5, 5.41) is 11.4. The fraction of sp³-hybridized carbons (Fsp3) is 0.667. The van der Waals surface area contributed by atoms with Gasteiger partial charge in [0.15, 0.2) is 5.82 Å². The summed E-state index contributed by atoms with van der Waals surface area (Å²) in [4.78, 5) is 26.9. The topological polar surface area (TPSA) is 109 Å². The van der Waals surface area contributed by atoms with Gasteiger partial charge in [-0.3, -0.25) is 4.79 Å². The normalized spacial score (nSPS) is 10.7. The Hall–Kier alpha value is -2.12. The summed E-state index contributed by atoms with van der Waals surface area (Å²) >= 11 is 0. The van der Waals surface area contributed by atoms with E-state index >= 15 is 0 Å². The molecule has 8 heteroatoms. The number of amides is 3. The van der Waals surface area contributed by atoms with Gasteiger partial charge < -0.3 is 20.5 Å². The van der Waals surface area contributed by atoms with Crippen molar-refractivity contribution in [2.24, 2.45) is 0 Å². The third-order valence-electron chi connectivity index (χ3n) is 2.26. The highest BCUT2D eigenvalue weighted by Gasteiger charge is 2.11. The van der Waals surface area contributed by atoms with Crippen LogP contribution in [0.1, 0.15) is 45.3 Å². The van der Waals surface area contributed by atoms with Crippen LogP contribution in [0.4, 0.5) is 4.79 Å². The lowest BCUT2D eigenvalue weighted by atomic mass is 10.2. The summed E-state index contributed by atoms with van der Waals surface area (Å²) in [5.74, 6) is 0.852. The molecule has 0 saturated heterocycles. The Morgan fingerprint density at radius 3 is 2.45 bits per heavy atom. The zero-order valence-corrected chi connectivity index (χ0v) is 12.2. The van der Waals surface area contributed by atoms with Gasteiger partial charge in [0.2, 0.25) is 11.8 Å². The van der Waals surface area contributed by atoms with E-state index in [1.54, 1.807) is 0 Å². The fourth-order valence-corrected chi connectivity index (χ4v) is 1.33. The fourth-order valence-electron chi connectivity index (χ4n) is 1.33. The van der Waals surface area contributed by atoms with Gasteiger partial charge in [-0.05, 0) is 13.8 Å². The summed E-state index contributed by atoms with van der Waals surface area (Å²) in [7, 11) is 0. The summed E-state index contributed by atoms with van der Waals surface area (Å²) in [5.41, 5.74) is 0. The Bertz CT molecular complexity index is 456. The highest BCUT2D eigenvalue weighted by atomic mass is 16.5. The summed E-state index contributed by atoms with van der Waals surface area (Å²) in [6.07, 6.45) is 0. The molecular formula is C12H21N5O3. The van der Waals surface area contributed by atoms with Crippen LogP contribution >= 0.6 is 0 Å². The largest absolute Gasteiger partial charge is 0.352 e. The standard InChI is InChI=1S/C12H21N5O3/c1-7(2)11-16-10(20-17-11)6-14-12(19)13-5-9(18)15-8(3)4/h7-8H,5-6H2,1-4H3,(H,15,18)(H2,13,14,19). The monoisotopic (exact) mass is 283 g/mol. The van der Waals surface area contributed by atoms with E-state index in [0.717, 1.165) is 0 Å². The van der Waals surface area contributed by atoms with Crippen LogP contribution in [-0.4, -0.2) is 34.7 Å². The molecule has 3 N–H and O–H groups in total. The minimum absolute atomic E-state index is 0.0419. The van der Waals surface area contributed by atoms with Gasteiger partial charge in [-0.2, -0.15) is 4.98 Å². The number of carbonyl (C=O) groups is 2. The number of rotatable bonds is 6. The van der Waals surface area contributed by atoms with Crippen molar-refractivity contribution in [3.8, 4) is 0 Å². The SMILES string of the molecule is CC(C)NC(=O)CNC(=O)NCc1nc(C(C)C)no1. The Morgan fingerprint density at radius 2 is 1.90 bits per heavy atom. The van der Waals surface area contributed by atoms with E-state index in [9.17, 15) is 9.59 Å². The van der Waals surface area contributed by atoms with Crippen molar-refractivity contribution < 1.29 is 14.1 Å². The molecule has 0 aromatic carbocycles. The smallest absolute Gasteiger partial charge is 0.315 e. The molecule has 1 heterocycles. The first-order valence-corrected chi connectivity index (χ1v) is 6.52. The molecule has 20 heavy (non-hydrogen) atoms. The Kier molecular flexibility index (Phi) is 5.95. The van der Waals surface area contributed by atoms with Gasteiger partial charge in [-0.15, -0.1) is 0 Å². The van der Waals surface area contributed by atoms with Crippen LogP contribution < -0.4 is 16.0 Å². The molecule has 1 aromatic heterocycles. The molecule has 0 aliphatic carbocycles. The van der Waals surface area contributed by atoms with E-state index in [4.69, 9.17) is 4.52 Å². The van der Waals surface area contributed by atoms with Crippen LogP contribution in [0.25, 0.3) is 0 Å². The first-order chi connectivity index (χ1) is 9.38. The van der Waals surface area contributed by atoms with E-state index in [2.05, 4.69) is 26.1 Å². The summed E-state index contributed by atoms with van der Waals surface area (Å²) in [6.45, 7) is 7.63. The Balaban J connectivity index is 2.27. The van der Waals surface area contributed by atoms with Gasteiger partial charge in [0.1, 0.15) is 0 Å². The second kappa shape index (κ2) is 7.46. The summed E-state index contributed by atoms with van der Waals surface area (Å²) < 4.78 is 4.97. The third-order valence-corrected chi connectivity index (χ3v) is 2.26. The van der Waals surface area contributed by atoms with Crippen molar-refractivity contribution in [2.45, 2.75) is 46.2 Å². The maximum absolute atomic E-state index is 11.5. The van der Waals surface area contributed by atoms with E-state index < -0.39 is 6.03 Å². The number of carbonyl (C=O) groups excluding carboxylic acids is 2. The minimum atomic E-state index is -0.465. The van der Waals surface area contributed by atoms with Crippen molar-refractivity contribution in [1.29, 1.82) is 0 Å². The van der Waals surface area contributed by atoms with E-state index in [1.165, 1.54) is 0 Å². The number of hydrogen-bond acceptors (Lipinski definition) is 5. The molecule has 0 aliphatic heterocycles. The third kappa shape index (κ3) is 5.68. The molecule has 112 valence electrons. The quantitative estimate of drug-likeness (QED) is 0.705. The van der Waals surface area contributed by atoms with Crippen molar-refractivity contribution >= 4 is 11.9 Å². The van der Waals surface area contributed by atoms with Crippen LogP contribution in [0.2, 0.25) is 0 Å². The predicted octanol–water partition coefficient (Wildman–Crippen LogP) is 0.517. The van der Waals surface area contributed by atoms with Crippen molar-refractivity contribution in [1.82, 2.24) is 26.1 Å². The van der Waals surface area contributed by atoms with Gasteiger partial charge in [0.05, 0.1) is 13.1 Å². The average Bonchev–Trinajstić information content (AvgIpc) is 2.82. The van der Waals surface area contributed by atoms with Crippen LogP contribution in [0.3, 0.4) is 0 Å². The van der Waals surface area contributed by atoms with Gasteiger partial charge >= 0.3 is 6.03 Å². The van der Waals surface area contributed by atoms with Gasteiger partial charge in [0.25, 0.3) is 0 Å². The highest BCUT2D eigenvalue weighted by Crippen LogP contribution is 2.09. The second-order valence-electron chi connectivity index (χ2n) is 4.96. The van der Waals surface area contributed by atoms with E-state index in [1.807, 2.05) is 27.7 Å². The predicted molar refractivity (Wildman–Crippen MR) is 71.9 cm³/mol. The zero-order valence-electron chi connectivity index (χ0n) is 12.2. The first kappa shape index (κ1) is 15.9. The number of nitrogens with one attached hydrogen (secondary N) is 3. The molecule has 1 aromatic rings. The number of hydrogen-bond donors (Lipinski definition) is 3. The molecule has 0 spiro atoms. The molecule has 0 atom stereocenters. The van der Waals surface area contributed by atoms with Crippen molar-refractivity contribution in [2.75, 3.05) is 6.54 Å². The van der Waals surface area contributed by atoms with E-state index in [-0.39, 0.29) is 31.0 Å². The molecule has 0 bridgehead atoms. The molecule has 0 radical (unpaired) electrons. The first-order valence-electron chi connectivity index (χ1n) is 6.52. The zero-order chi connectivity index (χ0) is 15.1. The molecule has 8 nitrogen and oxygen atoms in total. The highest BCUT2D eigenvalue weighted by molar-refractivity contribution is 5.83. The molecule has 0 unspecified atom stereocenters. The second-order valence-corrected chi connectivity index (χ2v) is 4.96. The van der Waals surface area contributed by atoms with Crippen LogP contribution in [0, 0.1) is 0 Å². The van der Waals surface area contributed by atoms with Crippen LogP contribution in [0.15, 0.2) is 4.52 Å². The molecule has 0 fully saturated rings. The summed E-state index contributed by atoms with van der Waals surface area (Å²) in [6, 6.07) is -0.423. The van der Waals surface area contributed by atoms with Gasteiger partial charge in [0, 0.05) is 12.0 Å². The lowest BCUT2D eigenvalue weighted by molar-refractivity contribution is -0.120. The number of nitrogens with zero attached hydrogens (tertiary/aromatic N) is 2. The van der Waals surface area contributed by atoms with Crippen molar-refractivity contribution in [3.63, 3.8) is 0 Å². The molecule has 0 saturated carbocycles. The molecule has 1 rings (SSSR count). The lowest BCUT2D eigenvalue weighted by Crippen LogP contribution is -2.43. The van der Waals surface area contributed by atoms with Crippen molar-refractivity contribution in [3.05, 3.63) is 11.7 Å². The minimum Gasteiger partial charge on any atom is -0.352 e. The molecule has 3 amide bonds. The van der Waals surface area contributed by atoms with Crippen LogP contribution in [0.5, 0.6) is 0 Å². The maximum Gasteiger partial charge on any atom is 0.315 e. The van der Waals surface area contributed by atoms with Crippen LogP contribution in [-0.2, 0) is 11.3 Å². The number of aromatic nitrogens is 2. The maximum atomic E-state index is 11.5. The van der Waals surface area contributed by atoms with E-state index in [0.29, 0.717) is 11.7 Å². The molecule has 0 aliphatic rings. The Morgan fingerprint density at radius 1 is 1.20 bits per heavy atom. The number of urea groups is 1. The van der Waals surface area contributed by atoms with Gasteiger partial charge in [-0.25, -0.2) is 4.79 Å². The lowest BCUT2D eigenvalue weighted by Gasteiger charge is -2.09. The van der Waals surface area contributed by atoms with Gasteiger partial charge in [-0.1, -0.05) is 19.0 Å².